The number of amides is 1. The van der Waals surface area contributed by atoms with Crippen molar-refractivity contribution in [1.82, 2.24) is 9.99 Å². The molecule has 0 unspecified atom stereocenters. The molecule has 1 aliphatic heterocycles. The molecule has 4 bridgehead atoms. The van der Waals surface area contributed by atoms with E-state index in [-0.39, 0.29) is 16.7 Å². The first kappa shape index (κ1) is 13.7. The normalized spacial score (nSPS) is 42.5. The van der Waals surface area contributed by atoms with Gasteiger partial charge in [0.2, 0.25) is 5.91 Å². The van der Waals surface area contributed by atoms with Crippen molar-refractivity contribution in [1.29, 1.82) is 0 Å². The zero-order valence-corrected chi connectivity index (χ0v) is 13.1. The Morgan fingerprint density at radius 3 is 2.95 bits per heavy atom. The van der Waals surface area contributed by atoms with Crippen LogP contribution in [0.5, 0.6) is 0 Å². The quantitative estimate of drug-likeness (QED) is 0.865. The molecule has 4 rings (SSSR count). The van der Waals surface area contributed by atoms with Crippen molar-refractivity contribution in [2.24, 2.45) is 27.6 Å². The van der Waals surface area contributed by atoms with Crippen LogP contribution < -0.4 is 5.73 Å². The van der Waals surface area contributed by atoms with Gasteiger partial charge in [-0.15, -0.1) is 0 Å². The largest absolute Gasteiger partial charge is 0.368 e. The molecular formula is C17H22N4O. The Balaban J connectivity index is 1.74. The highest BCUT2D eigenvalue weighted by Crippen LogP contribution is 2.75. The zero-order valence-electron chi connectivity index (χ0n) is 13.1. The number of hydrogen-bond acceptors (Lipinski definition) is 4. The molecule has 1 amide bonds. The van der Waals surface area contributed by atoms with Crippen molar-refractivity contribution in [3.8, 4) is 0 Å². The van der Waals surface area contributed by atoms with Gasteiger partial charge in [-0.3, -0.25) is 14.8 Å². The number of rotatable bonds is 3. The average Bonchev–Trinajstić information content (AvgIpc) is 2.95. The van der Waals surface area contributed by atoms with Crippen LogP contribution in [0.4, 0.5) is 0 Å². The topological polar surface area (TPSA) is 71.6 Å². The van der Waals surface area contributed by atoms with Crippen molar-refractivity contribution in [3.05, 3.63) is 30.1 Å². The van der Waals surface area contributed by atoms with Crippen LogP contribution in [-0.2, 0) is 4.79 Å². The number of aromatic nitrogens is 1. The first-order valence-electron chi connectivity index (χ1n) is 7.97. The van der Waals surface area contributed by atoms with Gasteiger partial charge in [0.05, 0.1) is 11.9 Å². The molecule has 2 heterocycles. The van der Waals surface area contributed by atoms with E-state index in [0.29, 0.717) is 5.92 Å². The third kappa shape index (κ3) is 1.33. The lowest BCUT2D eigenvalue weighted by Gasteiger charge is -2.44. The summed E-state index contributed by atoms with van der Waals surface area (Å²) in [7, 11) is 0. The maximum atomic E-state index is 12.4. The third-order valence-electron chi connectivity index (χ3n) is 6.95. The lowest BCUT2D eigenvalue weighted by atomic mass is 9.65. The summed E-state index contributed by atoms with van der Waals surface area (Å²) >= 11 is 0. The molecular weight excluding hydrogens is 276 g/mol. The summed E-state index contributed by atoms with van der Waals surface area (Å²) in [6, 6.07) is 5.71. The number of nitrogens with zero attached hydrogens (tertiary/aromatic N) is 3. The van der Waals surface area contributed by atoms with Crippen LogP contribution in [0.2, 0.25) is 0 Å². The van der Waals surface area contributed by atoms with Gasteiger partial charge >= 0.3 is 0 Å². The Bertz CT molecular complexity index is 660. The van der Waals surface area contributed by atoms with Crippen molar-refractivity contribution >= 4 is 12.1 Å². The Labute approximate surface area is 130 Å². The molecule has 0 radical (unpaired) electrons. The molecule has 3 fully saturated rings. The number of hydrogen-bond donors (Lipinski definition) is 1. The Hall–Kier alpha value is -1.91. The molecule has 1 saturated heterocycles. The molecule has 2 N–H and O–H groups in total. The van der Waals surface area contributed by atoms with Gasteiger partial charge in [0.25, 0.3) is 0 Å². The second-order valence-corrected chi connectivity index (χ2v) is 7.47. The second kappa shape index (κ2) is 4.09. The second-order valence-electron chi connectivity index (χ2n) is 7.47. The Kier molecular flexibility index (Phi) is 2.55. The molecule has 0 aromatic carbocycles. The third-order valence-corrected chi connectivity index (χ3v) is 6.95. The lowest BCUT2D eigenvalue weighted by molar-refractivity contribution is -0.135. The van der Waals surface area contributed by atoms with Crippen LogP contribution in [0.3, 0.4) is 0 Å². The maximum absolute atomic E-state index is 12.4. The number of primary amides is 1. The summed E-state index contributed by atoms with van der Waals surface area (Å²) < 4.78 is 0. The molecule has 1 aromatic rings. The summed E-state index contributed by atoms with van der Waals surface area (Å²) in [5.74, 6) is 0.366. The zero-order chi connectivity index (χ0) is 15.6. The van der Waals surface area contributed by atoms with E-state index in [1.54, 1.807) is 12.4 Å². The van der Waals surface area contributed by atoms with E-state index < -0.39 is 5.54 Å². The highest BCUT2D eigenvalue weighted by atomic mass is 16.2. The number of pyridine rings is 1. The molecule has 2 aliphatic carbocycles. The van der Waals surface area contributed by atoms with Gasteiger partial charge in [0.15, 0.2) is 0 Å². The number of nitrogens with two attached hydrogens (primary N) is 1. The fourth-order valence-electron chi connectivity index (χ4n) is 5.47. The fraction of sp³-hybridized carbons (Fsp3) is 0.588. The van der Waals surface area contributed by atoms with Crippen molar-refractivity contribution < 1.29 is 4.79 Å². The van der Waals surface area contributed by atoms with E-state index in [1.165, 1.54) is 6.42 Å². The van der Waals surface area contributed by atoms with Crippen LogP contribution >= 0.6 is 0 Å². The van der Waals surface area contributed by atoms with Crippen LogP contribution in [-0.4, -0.2) is 34.2 Å². The minimum atomic E-state index is -0.629. The van der Waals surface area contributed by atoms with Gasteiger partial charge in [-0.2, -0.15) is 5.10 Å². The summed E-state index contributed by atoms with van der Waals surface area (Å²) in [6.07, 6.45) is 6.60. The lowest BCUT2D eigenvalue weighted by Crippen LogP contribution is -2.60. The Morgan fingerprint density at radius 2 is 2.32 bits per heavy atom. The van der Waals surface area contributed by atoms with Crippen molar-refractivity contribution in [3.63, 3.8) is 0 Å². The number of piperidine rings is 1. The van der Waals surface area contributed by atoms with Gasteiger partial charge in [-0.1, -0.05) is 19.9 Å². The average molecular weight is 298 g/mol. The SMILES string of the molecule is C[C@]12CC[C@H]3C[C@@]1(C(N)=O)N(/N=C\c1ccccn1)C[C@@]32C. The van der Waals surface area contributed by atoms with Crippen LogP contribution in [0.25, 0.3) is 0 Å². The predicted molar refractivity (Wildman–Crippen MR) is 84.0 cm³/mol. The van der Waals surface area contributed by atoms with Crippen molar-refractivity contribution in [2.45, 2.75) is 38.6 Å². The van der Waals surface area contributed by atoms with E-state index in [4.69, 9.17) is 5.73 Å². The standard InChI is InChI=1S/C17H22N4O/c1-15-11-21(20-10-13-5-3-4-8-19-13)17(14(18)22)9-12(15)6-7-16(15,17)2/h3-5,8,10,12H,6-7,9,11H2,1-2H3,(H2,18,22)/b20-10-/t12-,15-,16+,17-/m0/s1. The number of carbonyl (C=O) groups excluding carboxylic acids is 1. The van der Waals surface area contributed by atoms with E-state index in [2.05, 4.69) is 23.9 Å². The summed E-state index contributed by atoms with van der Waals surface area (Å²) in [6.45, 7) is 5.35. The summed E-state index contributed by atoms with van der Waals surface area (Å²) in [4.78, 5) is 16.7. The van der Waals surface area contributed by atoms with Gasteiger partial charge in [-0.25, -0.2) is 0 Å². The molecule has 1 aromatic heterocycles. The van der Waals surface area contributed by atoms with Crippen LogP contribution in [0.15, 0.2) is 29.5 Å². The van der Waals surface area contributed by atoms with Gasteiger partial charge in [0, 0.05) is 18.2 Å². The van der Waals surface area contributed by atoms with E-state index >= 15 is 0 Å². The van der Waals surface area contributed by atoms with E-state index in [9.17, 15) is 4.79 Å². The molecule has 5 nitrogen and oxygen atoms in total. The monoisotopic (exact) mass is 298 g/mol. The summed E-state index contributed by atoms with van der Waals surface area (Å²) in [5, 5.41) is 6.58. The highest BCUT2D eigenvalue weighted by Gasteiger charge is 2.80. The fourth-order valence-corrected chi connectivity index (χ4v) is 5.47. The molecule has 5 heteroatoms. The first-order valence-corrected chi connectivity index (χ1v) is 7.97. The maximum Gasteiger partial charge on any atom is 0.245 e. The van der Waals surface area contributed by atoms with E-state index in [1.807, 2.05) is 23.2 Å². The van der Waals surface area contributed by atoms with Gasteiger partial charge in [0.1, 0.15) is 5.54 Å². The molecule has 0 spiro atoms. The molecule has 3 aliphatic rings. The number of carbonyl (C=O) groups is 1. The minimum absolute atomic E-state index is 0.0715. The van der Waals surface area contributed by atoms with Gasteiger partial charge < -0.3 is 5.73 Å². The first-order chi connectivity index (χ1) is 10.4. The number of hydrazone groups is 1. The van der Waals surface area contributed by atoms with E-state index in [0.717, 1.165) is 25.1 Å². The highest BCUT2D eigenvalue weighted by molar-refractivity contribution is 5.88. The minimum Gasteiger partial charge on any atom is -0.368 e. The molecule has 4 atom stereocenters. The molecule has 22 heavy (non-hydrogen) atoms. The Morgan fingerprint density at radius 1 is 1.50 bits per heavy atom. The summed E-state index contributed by atoms with van der Waals surface area (Å²) in [5.41, 5.74) is 6.11. The molecule has 2 saturated carbocycles. The molecule has 116 valence electrons. The predicted octanol–water partition coefficient (Wildman–Crippen LogP) is 1.78. The van der Waals surface area contributed by atoms with Crippen molar-refractivity contribution in [2.75, 3.05) is 6.54 Å². The van der Waals surface area contributed by atoms with Crippen LogP contribution in [0, 0.1) is 16.7 Å². The van der Waals surface area contributed by atoms with Gasteiger partial charge in [-0.05, 0) is 42.7 Å². The smallest absolute Gasteiger partial charge is 0.245 e. The van der Waals surface area contributed by atoms with Crippen LogP contribution in [0.1, 0.15) is 38.8 Å².